The molecule has 1 fully saturated rings. The summed E-state index contributed by atoms with van der Waals surface area (Å²) >= 11 is 0. The Morgan fingerprint density at radius 1 is 0.875 bits per heavy atom. The molecule has 3 aromatic carbocycles. The van der Waals surface area contributed by atoms with Crippen LogP contribution in [0.1, 0.15) is 26.4 Å². The fourth-order valence-corrected chi connectivity index (χ4v) is 4.98. The van der Waals surface area contributed by atoms with Gasteiger partial charge < -0.3 is 19.1 Å². The molecule has 40 heavy (non-hydrogen) atoms. The maximum atomic E-state index is 15.0. The standard InChI is InChI=1S/C30H27FN4O5/c1-20-25(19-28(21-7-6-10-24(18-21)40-2)34(20)27-12-4-3-11-26(27)31)30(37)33-15-13-32(14-16-33)29(36)22-8-5-9-23(17-22)35(38)39/h3-12,17-19H,13-16H2,1-2H3. The summed E-state index contributed by atoms with van der Waals surface area (Å²) in [5, 5.41) is 11.1. The molecule has 1 aliphatic rings. The molecule has 5 rings (SSSR count). The highest BCUT2D eigenvalue weighted by atomic mass is 19.1. The third-order valence-corrected chi connectivity index (χ3v) is 7.09. The van der Waals surface area contributed by atoms with Crippen molar-refractivity contribution in [1.29, 1.82) is 0 Å². The maximum absolute atomic E-state index is 15.0. The SMILES string of the molecule is COc1cccc(-c2cc(C(=O)N3CCN(C(=O)c4cccc([N+](=O)[O-])c4)CC3)c(C)n2-c2ccccc2F)c1. The number of nitrogens with zero attached hydrogens (tertiary/aromatic N) is 4. The van der Waals surface area contributed by atoms with Crippen LogP contribution in [-0.4, -0.2) is 64.4 Å². The number of halogens is 1. The Bertz CT molecular complexity index is 1610. The lowest BCUT2D eigenvalue weighted by Crippen LogP contribution is -2.50. The summed E-state index contributed by atoms with van der Waals surface area (Å²) in [6.45, 7) is 2.92. The number of non-ortho nitro benzene ring substituents is 1. The molecule has 0 atom stereocenters. The van der Waals surface area contributed by atoms with Crippen molar-refractivity contribution >= 4 is 17.5 Å². The average molecular weight is 543 g/mol. The highest BCUT2D eigenvalue weighted by Crippen LogP contribution is 2.33. The van der Waals surface area contributed by atoms with Gasteiger partial charge in [0.2, 0.25) is 0 Å². The van der Waals surface area contributed by atoms with E-state index in [0.29, 0.717) is 28.4 Å². The van der Waals surface area contributed by atoms with E-state index >= 15 is 0 Å². The van der Waals surface area contributed by atoms with Gasteiger partial charge in [-0.25, -0.2) is 4.39 Å². The highest BCUT2D eigenvalue weighted by Gasteiger charge is 2.29. The lowest BCUT2D eigenvalue weighted by molar-refractivity contribution is -0.384. The van der Waals surface area contributed by atoms with Gasteiger partial charge in [-0.3, -0.25) is 19.7 Å². The number of aromatic nitrogens is 1. The second-order valence-corrected chi connectivity index (χ2v) is 9.44. The molecule has 1 saturated heterocycles. The van der Waals surface area contributed by atoms with Crippen LogP contribution in [0.3, 0.4) is 0 Å². The van der Waals surface area contributed by atoms with E-state index in [0.717, 1.165) is 5.56 Å². The van der Waals surface area contributed by atoms with Crippen LogP contribution in [0, 0.1) is 22.9 Å². The van der Waals surface area contributed by atoms with Gasteiger partial charge in [0.1, 0.15) is 11.6 Å². The minimum Gasteiger partial charge on any atom is -0.497 e. The monoisotopic (exact) mass is 542 g/mol. The van der Waals surface area contributed by atoms with E-state index in [1.54, 1.807) is 58.7 Å². The van der Waals surface area contributed by atoms with E-state index in [9.17, 15) is 24.1 Å². The van der Waals surface area contributed by atoms with E-state index in [1.807, 2.05) is 24.3 Å². The molecule has 4 aromatic rings. The topological polar surface area (TPSA) is 97.9 Å². The van der Waals surface area contributed by atoms with Crippen LogP contribution in [0.25, 0.3) is 16.9 Å². The fraction of sp³-hybridized carbons (Fsp3) is 0.200. The zero-order valence-electron chi connectivity index (χ0n) is 22.0. The summed E-state index contributed by atoms with van der Waals surface area (Å²) < 4.78 is 22.1. The lowest BCUT2D eigenvalue weighted by Gasteiger charge is -2.34. The number of rotatable bonds is 6. The Morgan fingerprint density at radius 3 is 2.23 bits per heavy atom. The van der Waals surface area contributed by atoms with Crippen molar-refractivity contribution in [3.8, 4) is 22.7 Å². The van der Waals surface area contributed by atoms with Crippen LogP contribution in [0.2, 0.25) is 0 Å². The summed E-state index contributed by atoms with van der Waals surface area (Å²) in [6.07, 6.45) is 0. The van der Waals surface area contributed by atoms with Crippen LogP contribution >= 0.6 is 0 Å². The largest absolute Gasteiger partial charge is 0.497 e. The van der Waals surface area contributed by atoms with E-state index in [-0.39, 0.29) is 49.2 Å². The molecule has 0 spiro atoms. The third-order valence-electron chi connectivity index (χ3n) is 7.09. The number of piperazine rings is 1. The molecule has 0 aliphatic carbocycles. The van der Waals surface area contributed by atoms with Crippen molar-refractivity contribution in [3.05, 3.63) is 112 Å². The number of ether oxygens (including phenoxy) is 1. The Balaban J connectivity index is 1.42. The van der Waals surface area contributed by atoms with Crippen LogP contribution < -0.4 is 4.74 Å². The van der Waals surface area contributed by atoms with Crippen LogP contribution in [0.4, 0.5) is 10.1 Å². The van der Waals surface area contributed by atoms with E-state index in [4.69, 9.17) is 4.74 Å². The zero-order valence-corrected chi connectivity index (χ0v) is 22.0. The third kappa shape index (κ3) is 5.03. The normalized spacial score (nSPS) is 13.3. The molecule has 9 nitrogen and oxygen atoms in total. The van der Waals surface area contributed by atoms with Crippen LogP contribution in [0.15, 0.2) is 78.9 Å². The summed E-state index contributed by atoms with van der Waals surface area (Å²) in [4.78, 5) is 40.5. The second-order valence-electron chi connectivity index (χ2n) is 9.44. The van der Waals surface area contributed by atoms with Gasteiger partial charge in [0.05, 0.1) is 29.0 Å². The van der Waals surface area contributed by atoms with Crippen molar-refractivity contribution in [2.75, 3.05) is 33.3 Å². The Morgan fingerprint density at radius 2 is 1.55 bits per heavy atom. The first-order valence-corrected chi connectivity index (χ1v) is 12.7. The predicted octanol–water partition coefficient (Wildman–Crippen LogP) is 5.11. The van der Waals surface area contributed by atoms with Crippen LogP contribution in [0.5, 0.6) is 5.75 Å². The van der Waals surface area contributed by atoms with Gasteiger partial charge in [0.15, 0.2) is 0 Å². The first-order chi connectivity index (χ1) is 19.3. The highest BCUT2D eigenvalue weighted by molar-refractivity contribution is 5.98. The predicted molar refractivity (Wildman–Crippen MR) is 147 cm³/mol. The van der Waals surface area contributed by atoms with E-state index < -0.39 is 10.7 Å². The Kier molecular flexibility index (Phi) is 7.33. The molecule has 2 amide bonds. The quantitative estimate of drug-likeness (QED) is 0.249. The minimum absolute atomic E-state index is 0.152. The summed E-state index contributed by atoms with van der Waals surface area (Å²) in [7, 11) is 1.57. The number of nitro groups is 1. The molecule has 0 bridgehead atoms. The number of nitro benzene ring substituents is 1. The number of benzene rings is 3. The number of amides is 2. The van der Waals surface area contributed by atoms with Gasteiger partial charge in [0, 0.05) is 55.1 Å². The number of hydrogen-bond acceptors (Lipinski definition) is 5. The molecule has 0 radical (unpaired) electrons. The van der Waals surface area contributed by atoms with Crippen molar-refractivity contribution in [2.24, 2.45) is 0 Å². The van der Waals surface area contributed by atoms with Crippen molar-refractivity contribution in [2.45, 2.75) is 6.92 Å². The number of carbonyl (C=O) groups is 2. The Labute approximate surface area is 230 Å². The van der Waals surface area contributed by atoms with Crippen molar-refractivity contribution in [3.63, 3.8) is 0 Å². The molecule has 10 heteroatoms. The van der Waals surface area contributed by atoms with Gasteiger partial charge >= 0.3 is 0 Å². The van der Waals surface area contributed by atoms with Gasteiger partial charge in [-0.2, -0.15) is 0 Å². The smallest absolute Gasteiger partial charge is 0.270 e. The van der Waals surface area contributed by atoms with Crippen molar-refractivity contribution in [1.82, 2.24) is 14.4 Å². The van der Waals surface area contributed by atoms with Gasteiger partial charge in [-0.1, -0.05) is 30.3 Å². The first-order valence-electron chi connectivity index (χ1n) is 12.7. The molecule has 204 valence electrons. The molecular weight excluding hydrogens is 515 g/mol. The zero-order chi connectivity index (χ0) is 28.4. The average Bonchev–Trinajstić information content (AvgIpc) is 3.33. The summed E-state index contributed by atoms with van der Waals surface area (Å²) in [5.41, 5.74) is 2.82. The maximum Gasteiger partial charge on any atom is 0.270 e. The van der Waals surface area contributed by atoms with E-state index in [2.05, 4.69) is 0 Å². The molecule has 0 N–H and O–H groups in total. The van der Waals surface area contributed by atoms with Crippen LogP contribution in [-0.2, 0) is 0 Å². The minimum atomic E-state index is -0.539. The molecule has 1 aliphatic heterocycles. The lowest BCUT2D eigenvalue weighted by atomic mass is 10.1. The molecular formula is C30H27FN4O5. The number of carbonyl (C=O) groups excluding carboxylic acids is 2. The first kappa shape index (κ1) is 26.6. The summed E-state index contributed by atoms with van der Waals surface area (Å²) in [6, 6.07) is 21.1. The van der Waals surface area contributed by atoms with Gasteiger partial charge in [0.25, 0.3) is 17.5 Å². The molecule has 1 aromatic heterocycles. The number of hydrogen-bond donors (Lipinski definition) is 0. The van der Waals surface area contributed by atoms with Gasteiger partial charge in [-0.05, 0) is 43.3 Å². The number of para-hydroxylation sites is 1. The Hall–Kier alpha value is -4.99. The second kappa shape index (κ2) is 11.0. The van der Waals surface area contributed by atoms with Gasteiger partial charge in [-0.15, -0.1) is 0 Å². The summed E-state index contributed by atoms with van der Waals surface area (Å²) in [5.74, 6) is -0.330. The molecule has 2 heterocycles. The molecule has 0 unspecified atom stereocenters. The number of methoxy groups -OCH3 is 1. The molecule has 0 saturated carbocycles. The fourth-order valence-electron chi connectivity index (χ4n) is 4.98. The van der Waals surface area contributed by atoms with E-state index in [1.165, 1.54) is 24.3 Å². The van der Waals surface area contributed by atoms with Crippen molar-refractivity contribution < 1.29 is 23.6 Å².